The number of rotatable bonds is 3. The fraction of sp³-hybridized carbons (Fsp3) is 0.417. The Hall–Kier alpha value is -1.06. The van der Waals surface area contributed by atoms with Gasteiger partial charge in [0.25, 0.3) is 0 Å². The molecule has 1 aliphatic heterocycles. The Bertz CT molecular complexity index is 424. The third-order valence-electron chi connectivity index (χ3n) is 3.08. The molecule has 0 spiro atoms. The van der Waals surface area contributed by atoms with Crippen molar-refractivity contribution in [3.8, 4) is 5.75 Å². The summed E-state index contributed by atoms with van der Waals surface area (Å²) in [6, 6.07) is 5.43. The second-order valence-electron chi connectivity index (χ2n) is 3.98. The number of carbonyl (C=O) groups is 1. The molecule has 1 aromatic carbocycles. The molecule has 3 nitrogen and oxygen atoms in total. The van der Waals surface area contributed by atoms with E-state index in [1.807, 2.05) is 6.07 Å². The first-order valence-corrected chi connectivity index (χ1v) is 5.41. The number of halogens is 1. The summed E-state index contributed by atoms with van der Waals surface area (Å²) in [5, 5.41) is 0.521. The molecule has 2 rings (SSSR count). The first-order valence-electron chi connectivity index (χ1n) is 5.03. The van der Waals surface area contributed by atoms with E-state index in [4.69, 9.17) is 21.1 Å². The Morgan fingerprint density at radius 3 is 2.56 bits per heavy atom. The van der Waals surface area contributed by atoms with Crippen LogP contribution in [0.4, 0.5) is 0 Å². The van der Waals surface area contributed by atoms with Crippen LogP contribution in [0.1, 0.15) is 12.5 Å². The first kappa shape index (κ1) is 11.4. The third-order valence-corrected chi connectivity index (χ3v) is 3.37. The lowest BCUT2D eigenvalue weighted by molar-refractivity contribution is -0.140. The molecule has 0 aromatic heterocycles. The van der Waals surface area contributed by atoms with Crippen LogP contribution >= 0.6 is 11.6 Å². The lowest BCUT2D eigenvalue weighted by Gasteiger charge is -2.39. The minimum Gasteiger partial charge on any atom is -0.495 e. The molecule has 86 valence electrons. The van der Waals surface area contributed by atoms with Gasteiger partial charge in [-0.25, -0.2) is 0 Å². The largest absolute Gasteiger partial charge is 0.495 e. The maximum Gasteiger partial charge on any atom is 0.145 e. The van der Waals surface area contributed by atoms with Crippen LogP contribution in [0, 0.1) is 0 Å². The van der Waals surface area contributed by atoms with E-state index < -0.39 is 5.41 Å². The van der Waals surface area contributed by atoms with Crippen molar-refractivity contribution in [2.45, 2.75) is 12.3 Å². The fourth-order valence-electron chi connectivity index (χ4n) is 1.84. The predicted molar refractivity (Wildman–Crippen MR) is 61.2 cm³/mol. The summed E-state index contributed by atoms with van der Waals surface area (Å²) in [6.45, 7) is 2.45. The van der Waals surface area contributed by atoms with Crippen LogP contribution in [0.5, 0.6) is 5.75 Å². The monoisotopic (exact) mass is 240 g/mol. The molecule has 1 aromatic rings. The number of hydrogen-bond donors (Lipinski definition) is 0. The normalized spacial score (nSPS) is 17.7. The van der Waals surface area contributed by atoms with Gasteiger partial charge in [0.15, 0.2) is 0 Å². The summed E-state index contributed by atoms with van der Waals surface area (Å²) in [4.78, 5) is 11.7. The highest BCUT2D eigenvalue weighted by molar-refractivity contribution is 6.32. The summed E-state index contributed by atoms with van der Waals surface area (Å²) in [6.07, 6.45) is 0. The Labute approximate surface area is 99.3 Å². The lowest BCUT2D eigenvalue weighted by Crippen LogP contribution is -2.52. The van der Waals surface area contributed by atoms with Crippen molar-refractivity contribution in [1.82, 2.24) is 0 Å². The number of methoxy groups -OCH3 is 1. The van der Waals surface area contributed by atoms with Gasteiger partial charge in [0, 0.05) is 0 Å². The molecule has 0 saturated carbocycles. The minimum absolute atomic E-state index is 0.111. The molecule has 0 amide bonds. The number of ether oxygens (including phenoxy) is 2. The van der Waals surface area contributed by atoms with Crippen LogP contribution in [-0.4, -0.2) is 26.1 Å². The third kappa shape index (κ3) is 1.60. The van der Waals surface area contributed by atoms with Gasteiger partial charge in [-0.2, -0.15) is 0 Å². The standard InChI is InChI=1S/C12H13ClO3/c1-8(14)12(6-16-7-12)9-3-4-11(15-2)10(13)5-9/h3-5H,6-7H2,1-2H3. The highest BCUT2D eigenvalue weighted by Crippen LogP contribution is 2.37. The zero-order valence-electron chi connectivity index (χ0n) is 9.25. The molecule has 0 unspecified atom stereocenters. The number of ketones is 1. The topological polar surface area (TPSA) is 35.5 Å². The van der Waals surface area contributed by atoms with Crippen molar-refractivity contribution in [3.05, 3.63) is 28.8 Å². The summed E-state index contributed by atoms with van der Waals surface area (Å²) in [5.41, 5.74) is 0.396. The summed E-state index contributed by atoms with van der Waals surface area (Å²) >= 11 is 6.04. The Morgan fingerprint density at radius 1 is 1.50 bits per heavy atom. The van der Waals surface area contributed by atoms with E-state index >= 15 is 0 Å². The van der Waals surface area contributed by atoms with Crippen molar-refractivity contribution < 1.29 is 14.3 Å². The van der Waals surface area contributed by atoms with Crippen LogP contribution < -0.4 is 4.74 Å². The highest BCUT2D eigenvalue weighted by atomic mass is 35.5. The van der Waals surface area contributed by atoms with Crippen molar-refractivity contribution in [1.29, 1.82) is 0 Å². The molecule has 0 N–H and O–H groups in total. The van der Waals surface area contributed by atoms with E-state index in [1.54, 1.807) is 26.2 Å². The van der Waals surface area contributed by atoms with E-state index in [-0.39, 0.29) is 5.78 Å². The van der Waals surface area contributed by atoms with Crippen molar-refractivity contribution in [2.75, 3.05) is 20.3 Å². The molecule has 0 atom stereocenters. The van der Waals surface area contributed by atoms with Crippen LogP contribution in [-0.2, 0) is 14.9 Å². The van der Waals surface area contributed by atoms with Gasteiger partial charge in [0.2, 0.25) is 0 Å². The molecule has 1 heterocycles. The number of hydrogen-bond acceptors (Lipinski definition) is 3. The lowest BCUT2D eigenvalue weighted by atomic mass is 9.75. The Kier molecular flexibility index (Phi) is 2.91. The molecule has 0 radical (unpaired) electrons. The summed E-state index contributed by atoms with van der Waals surface area (Å²) in [7, 11) is 1.56. The maximum absolute atomic E-state index is 11.7. The fourth-order valence-corrected chi connectivity index (χ4v) is 2.10. The zero-order chi connectivity index (χ0) is 11.8. The van der Waals surface area contributed by atoms with E-state index in [1.165, 1.54) is 0 Å². The van der Waals surface area contributed by atoms with Gasteiger partial charge >= 0.3 is 0 Å². The molecule has 0 bridgehead atoms. The van der Waals surface area contributed by atoms with Gasteiger partial charge in [-0.15, -0.1) is 0 Å². The van der Waals surface area contributed by atoms with Crippen LogP contribution in [0.3, 0.4) is 0 Å². The van der Waals surface area contributed by atoms with Crippen LogP contribution in [0.2, 0.25) is 5.02 Å². The number of benzene rings is 1. The molecular formula is C12H13ClO3. The van der Waals surface area contributed by atoms with E-state index in [0.29, 0.717) is 24.0 Å². The molecule has 16 heavy (non-hydrogen) atoms. The highest BCUT2D eigenvalue weighted by Gasteiger charge is 2.45. The van der Waals surface area contributed by atoms with Crippen LogP contribution in [0.15, 0.2) is 18.2 Å². The molecule has 1 aliphatic rings. The predicted octanol–water partition coefficient (Wildman–Crippen LogP) is 2.21. The zero-order valence-corrected chi connectivity index (χ0v) is 10.0. The summed E-state index contributed by atoms with van der Waals surface area (Å²) < 4.78 is 10.2. The van der Waals surface area contributed by atoms with Crippen molar-refractivity contribution in [2.24, 2.45) is 0 Å². The van der Waals surface area contributed by atoms with Gasteiger partial charge in [0.1, 0.15) is 16.9 Å². The second-order valence-corrected chi connectivity index (χ2v) is 4.39. The van der Waals surface area contributed by atoms with E-state index in [9.17, 15) is 4.79 Å². The van der Waals surface area contributed by atoms with Crippen molar-refractivity contribution in [3.63, 3.8) is 0 Å². The SMILES string of the molecule is COc1ccc(C2(C(C)=O)COC2)cc1Cl. The van der Waals surface area contributed by atoms with Crippen molar-refractivity contribution >= 4 is 17.4 Å². The van der Waals surface area contributed by atoms with Gasteiger partial charge in [0.05, 0.1) is 25.3 Å². The minimum atomic E-state index is -0.504. The Morgan fingerprint density at radius 2 is 2.19 bits per heavy atom. The molecule has 1 fully saturated rings. The number of Topliss-reactive ketones (excluding diaryl/α,β-unsaturated/α-hetero) is 1. The van der Waals surface area contributed by atoms with Crippen LogP contribution in [0.25, 0.3) is 0 Å². The van der Waals surface area contributed by atoms with Gasteiger partial charge in [-0.1, -0.05) is 17.7 Å². The van der Waals surface area contributed by atoms with E-state index in [0.717, 1.165) is 5.56 Å². The average Bonchev–Trinajstić information content (AvgIpc) is 2.15. The van der Waals surface area contributed by atoms with Gasteiger partial charge in [-0.3, -0.25) is 4.79 Å². The Balaban J connectivity index is 2.40. The summed E-state index contributed by atoms with van der Waals surface area (Å²) in [5.74, 6) is 0.726. The number of carbonyl (C=O) groups excluding carboxylic acids is 1. The quantitative estimate of drug-likeness (QED) is 0.813. The molecule has 4 heteroatoms. The second kappa shape index (κ2) is 4.07. The van der Waals surface area contributed by atoms with Gasteiger partial charge < -0.3 is 9.47 Å². The molecule has 1 saturated heterocycles. The molecular weight excluding hydrogens is 228 g/mol. The van der Waals surface area contributed by atoms with Gasteiger partial charge in [-0.05, 0) is 24.6 Å². The maximum atomic E-state index is 11.7. The van der Waals surface area contributed by atoms with E-state index in [2.05, 4.69) is 0 Å². The smallest absolute Gasteiger partial charge is 0.145 e. The average molecular weight is 241 g/mol. The molecule has 0 aliphatic carbocycles. The first-order chi connectivity index (χ1) is 7.60.